The normalized spacial score (nSPS) is 27.7. The molecule has 27 heavy (non-hydrogen) atoms. The molecule has 0 unspecified atom stereocenters. The van der Waals surface area contributed by atoms with Crippen molar-refractivity contribution in [3.8, 4) is 11.4 Å². The van der Waals surface area contributed by atoms with Gasteiger partial charge in [-0.05, 0) is 30.7 Å². The van der Waals surface area contributed by atoms with Crippen LogP contribution in [0.15, 0.2) is 36.7 Å². The van der Waals surface area contributed by atoms with Crippen molar-refractivity contribution in [1.82, 2.24) is 19.4 Å². The number of likely N-dealkylation sites (tertiary alicyclic amines) is 1. The molecule has 0 bridgehead atoms. The van der Waals surface area contributed by atoms with Crippen molar-refractivity contribution in [2.24, 2.45) is 0 Å². The van der Waals surface area contributed by atoms with E-state index in [2.05, 4.69) is 14.5 Å². The van der Waals surface area contributed by atoms with Crippen molar-refractivity contribution in [3.05, 3.63) is 42.5 Å². The van der Waals surface area contributed by atoms with Crippen LogP contribution in [0.5, 0.6) is 5.75 Å². The van der Waals surface area contributed by atoms with E-state index in [1.165, 1.54) is 0 Å². The number of methoxy groups -OCH3 is 1. The summed E-state index contributed by atoms with van der Waals surface area (Å²) in [5.74, 6) is 2.03. The number of hydrogen-bond acceptors (Lipinski definition) is 5. The first-order chi connectivity index (χ1) is 13.2. The molecule has 3 fully saturated rings. The Morgan fingerprint density at radius 1 is 1.30 bits per heavy atom. The van der Waals surface area contributed by atoms with Gasteiger partial charge in [0.15, 0.2) is 5.72 Å². The fourth-order valence-electron chi connectivity index (χ4n) is 4.83. The molecule has 3 aliphatic heterocycles. The van der Waals surface area contributed by atoms with E-state index in [-0.39, 0.29) is 11.9 Å². The topological polar surface area (TPSA) is 59.8 Å². The van der Waals surface area contributed by atoms with Gasteiger partial charge in [0.05, 0.1) is 26.3 Å². The van der Waals surface area contributed by atoms with Crippen LogP contribution in [0.1, 0.15) is 25.1 Å². The quantitative estimate of drug-likeness (QED) is 0.824. The molecule has 3 aliphatic rings. The molecule has 1 aromatic heterocycles. The van der Waals surface area contributed by atoms with Gasteiger partial charge in [-0.3, -0.25) is 9.69 Å². The van der Waals surface area contributed by atoms with Gasteiger partial charge in [0.25, 0.3) is 0 Å². The number of rotatable bonds is 4. The van der Waals surface area contributed by atoms with E-state index in [9.17, 15) is 4.79 Å². The summed E-state index contributed by atoms with van der Waals surface area (Å²) in [5, 5.41) is 0. The van der Waals surface area contributed by atoms with Gasteiger partial charge < -0.3 is 18.9 Å². The second kappa shape index (κ2) is 6.35. The zero-order chi connectivity index (χ0) is 18.4. The van der Waals surface area contributed by atoms with Crippen LogP contribution >= 0.6 is 0 Å². The van der Waals surface area contributed by atoms with Gasteiger partial charge in [0, 0.05) is 44.0 Å². The molecule has 1 aromatic carbocycles. The van der Waals surface area contributed by atoms with Crippen LogP contribution in [0.3, 0.4) is 0 Å². The molecule has 3 saturated heterocycles. The third-order valence-electron chi connectivity index (χ3n) is 6.14. The van der Waals surface area contributed by atoms with Gasteiger partial charge in [-0.15, -0.1) is 0 Å². The van der Waals surface area contributed by atoms with E-state index < -0.39 is 5.72 Å². The molecule has 1 spiro atoms. The molecular weight excluding hydrogens is 344 g/mol. The van der Waals surface area contributed by atoms with Crippen LogP contribution in [0.4, 0.5) is 0 Å². The molecule has 7 nitrogen and oxygen atoms in total. The van der Waals surface area contributed by atoms with Crippen LogP contribution in [0.25, 0.3) is 5.69 Å². The number of carbonyl (C=O) groups is 1. The first-order valence-electron chi connectivity index (χ1n) is 9.56. The summed E-state index contributed by atoms with van der Waals surface area (Å²) in [5.41, 5.74) is 0.641. The molecule has 2 aromatic rings. The maximum Gasteiger partial charge on any atom is 0.226 e. The molecular formula is C20H24N4O3. The summed E-state index contributed by atoms with van der Waals surface area (Å²) in [6, 6.07) is 8.08. The van der Waals surface area contributed by atoms with Gasteiger partial charge in [-0.1, -0.05) is 0 Å². The number of hydrogen-bond donors (Lipinski definition) is 0. The molecule has 2 atom stereocenters. The second-order valence-corrected chi connectivity index (χ2v) is 7.44. The van der Waals surface area contributed by atoms with Crippen molar-refractivity contribution >= 4 is 5.91 Å². The van der Waals surface area contributed by atoms with E-state index in [1.54, 1.807) is 7.11 Å². The smallest absolute Gasteiger partial charge is 0.226 e. The highest BCUT2D eigenvalue weighted by Crippen LogP contribution is 2.45. The lowest BCUT2D eigenvalue weighted by atomic mass is 10.0. The van der Waals surface area contributed by atoms with E-state index in [1.807, 2.05) is 41.6 Å². The van der Waals surface area contributed by atoms with Crippen molar-refractivity contribution in [2.75, 3.05) is 26.8 Å². The number of ether oxygens (including phenoxy) is 2. The van der Waals surface area contributed by atoms with Gasteiger partial charge in [0.1, 0.15) is 11.6 Å². The Morgan fingerprint density at radius 3 is 2.96 bits per heavy atom. The largest absolute Gasteiger partial charge is 0.497 e. The summed E-state index contributed by atoms with van der Waals surface area (Å²) in [6.07, 6.45) is 6.17. The van der Waals surface area contributed by atoms with Crippen LogP contribution in [0, 0.1) is 0 Å². The highest BCUT2D eigenvalue weighted by atomic mass is 16.5. The molecule has 0 aliphatic carbocycles. The highest BCUT2D eigenvalue weighted by molar-refractivity contribution is 5.81. The molecule has 5 rings (SSSR count). The number of amides is 1. The fraction of sp³-hybridized carbons (Fsp3) is 0.500. The summed E-state index contributed by atoms with van der Waals surface area (Å²) in [7, 11) is 1.67. The minimum Gasteiger partial charge on any atom is -0.497 e. The number of imidazole rings is 1. The average Bonchev–Trinajstić information content (AvgIpc) is 3.36. The zero-order valence-corrected chi connectivity index (χ0v) is 15.5. The Morgan fingerprint density at radius 2 is 2.15 bits per heavy atom. The SMILES string of the molecule is COc1ccc(-n2ccnc2CN2CC[C@@]34OCCCN3C(=O)C[C@@H]24)cc1. The lowest BCUT2D eigenvalue weighted by Crippen LogP contribution is -2.56. The van der Waals surface area contributed by atoms with Crippen molar-refractivity contribution in [3.63, 3.8) is 0 Å². The summed E-state index contributed by atoms with van der Waals surface area (Å²) in [4.78, 5) is 21.4. The standard InChI is InChI=1S/C20H24N4O3/c1-26-16-5-3-15(4-6-16)23-11-8-21-18(23)14-22-10-7-20-17(22)13-19(25)24(20)9-2-12-27-20/h3-6,8,11,17H,2,7,9-10,12-14H2,1H3/t17-,20+/m1/s1. The third-order valence-corrected chi connectivity index (χ3v) is 6.14. The van der Waals surface area contributed by atoms with E-state index in [0.29, 0.717) is 13.0 Å². The zero-order valence-electron chi connectivity index (χ0n) is 15.5. The van der Waals surface area contributed by atoms with Crippen LogP contribution < -0.4 is 4.74 Å². The summed E-state index contributed by atoms with van der Waals surface area (Å²) >= 11 is 0. The summed E-state index contributed by atoms with van der Waals surface area (Å²) in [6.45, 7) is 3.19. The minimum absolute atomic E-state index is 0.117. The van der Waals surface area contributed by atoms with Crippen LogP contribution in [-0.4, -0.2) is 63.8 Å². The molecule has 7 heteroatoms. The predicted octanol–water partition coefficient (Wildman–Crippen LogP) is 1.80. The maximum absolute atomic E-state index is 12.5. The van der Waals surface area contributed by atoms with E-state index in [0.717, 1.165) is 49.8 Å². The molecule has 0 N–H and O–H groups in total. The van der Waals surface area contributed by atoms with Crippen molar-refractivity contribution in [1.29, 1.82) is 0 Å². The Balaban J connectivity index is 1.39. The maximum atomic E-state index is 12.5. The fourth-order valence-corrected chi connectivity index (χ4v) is 4.83. The number of aromatic nitrogens is 2. The Labute approximate surface area is 158 Å². The predicted molar refractivity (Wildman–Crippen MR) is 98.6 cm³/mol. The average molecular weight is 368 g/mol. The number of benzene rings is 1. The Hall–Kier alpha value is -2.38. The van der Waals surface area contributed by atoms with E-state index >= 15 is 0 Å². The van der Waals surface area contributed by atoms with E-state index in [4.69, 9.17) is 9.47 Å². The van der Waals surface area contributed by atoms with Gasteiger partial charge in [-0.25, -0.2) is 4.98 Å². The highest BCUT2D eigenvalue weighted by Gasteiger charge is 2.60. The Kier molecular flexibility index (Phi) is 3.94. The monoisotopic (exact) mass is 368 g/mol. The van der Waals surface area contributed by atoms with Gasteiger partial charge in [-0.2, -0.15) is 0 Å². The third kappa shape index (κ3) is 2.56. The minimum atomic E-state index is -0.410. The molecule has 4 heterocycles. The first kappa shape index (κ1) is 16.8. The van der Waals surface area contributed by atoms with Crippen LogP contribution in [-0.2, 0) is 16.1 Å². The molecule has 0 saturated carbocycles. The lowest BCUT2D eigenvalue weighted by Gasteiger charge is -2.42. The van der Waals surface area contributed by atoms with Crippen molar-refractivity contribution in [2.45, 2.75) is 37.6 Å². The summed E-state index contributed by atoms with van der Waals surface area (Å²) < 4.78 is 13.5. The first-order valence-corrected chi connectivity index (χ1v) is 9.56. The van der Waals surface area contributed by atoms with Crippen LogP contribution in [0.2, 0.25) is 0 Å². The molecule has 142 valence electrons. The lowest BCUT2D eigenvalue weighted by molar-refractivity contribution is -0.180. The Bertz CT molecular complexity index is 849. The second-order valence-electron chi connectivity index (χ2n) is 7.44. The number of nitrogens with zero attached hydrogens (tertiary/aromatic N) is 4. The van der Waals surface area contributed by atoms with Crippen molar-refractivity contribution < 1.29 is 14.3 Å². The van der Waals surface area contributed by atoms with Gasteiger partial charge in [0.2, 0.25) is 5.91 Å². The molecule has 1 amide bonds. The van der Waals surface area contributed by atoms with Gasteiger partial charge >= 0.3 is 0 Å². The number of carbonyl (C=O) groups excluding carboxylic acids is 1. The molecule has 0 radical (unpaired) electrons.